The Morgan fingerprint density at radius 2 is 1.68 bits per heavy atom. The molecule has 2 heterocycles. The maximum atomic E-state index is 13.0. The largest absolute Gasteiger partial charge is 0.298 e. The molecule has 0 spiro atoms. The van der Waals surface area contributed by atoms with Crippen molar-refractivity contribution in [3.63, 3.8) is 0 Å². The summed E-state index contributed by atoms with van der Waals surface area (Å²) < 4.78 is 0. The molecule has 160 valence electrons. The predicted molar refractivity (Wildman–Crippen MR) is 125 cm³/mol. The SMILES string of the molecule is Cc1nc(NC(=O)c2ccccc2C(=O)c2ccccc2)sc1CN1CCC(C)CC1. The molecule has 0 unspecified atom stereocenters. The summed E-state index contributed by atoms with van der Waals surface area (Å²) in [5.74, 6) is 0.320. The minimum Gasteiger partial charge on any atom is -0.298 e. The van der Waals surface area contributed by atoms with Crippen molar-refractivity contribution in [2.75, 3.05) is 18.4 Å². The molecule has 0 bridgehead atoms. The number of anilines is 1. The van der Waals surface area contributed by atoms with E-state index in [4.69, 9.17) is 0 Å². The van der Waals surface area contributed by atoms with E-state index in [2.05, 4.69) is 22.1 Å². The number of thiazole rings is 1. The highest BCUT2D eigenvalue weighted by Crippen LogP contribution is 2.27. The first kappa shape index (κ1) is 21.4. The number of aryl methyl sites for hydroxylation is 1. The van der Waals surface area contributed by atoms with Crippen LogP contribution in [0.3, 0.4) is 0 Å². The summed E-state index contributed by atoms with van der Waals surface area (Å²) >= 11 is 1.52. The van der Waals surface area contributed by atoms with Crippen molar-refractivity contribution in [3.05, 3.63) is 81.9 Å². The average molecular weight is 434 g/mol. The van der Waals surface area contributed by atoms with Crippen LogP contribution in [0.2, 0.25) is 0 Å². The Balaban J connectivity index is 1.49. The second-order valence-corrected chi connectivity index (χ2v) is 9.26. The minimum absolute atomic E-state index is 0.165. The first-order valence-electron chi connectivity index (χ1n) is 10.7. The summed E-state index contributed by atoms with van der Waals surface area (Å²) in [5, 5.41) is 3.48. The van der Waals surface area contributed by atoms with Gasteiger partial charge in [-0.2, -0.15) is 0 Å². The molecule has 1 fully saturated rings. The first-order chi connectivity index (χ1) is 15.0. The fraction of sp³-hybridized carbons (Fsp3) is 0.320. The van der Waals surface area contributed by atoms with Crippen molar-refractivity contribution in [1.82, 2.24) is 9.88 Å². The Morgan fingerprint density at radius 3 is 2.39 bits per heavy atom. The van der Waals surface area contributed by atoms with Crippen LogP contribution in [0.15, 0.2) is 54.6 Å². The van der Waals surface area contributed by atoms with Crippen LogP contribution in [0.5, 0.6) is 0 Å². The molecule has 5 nitrogen and oxygen atoms in total. The van der Waals surface area contributed by atoms with Crippen LogP contribution < -0.4 is 5.32 Å². The fourth-order valence-electron chi connectivity index (χ4n) is 3.84. The Hall–Kier alpha value is -2.83. The predicted octanol–water partition coefficient (Wildman–Crippen LogP) is 5.17. The first-order valence-corrected chi connectivity index (χ1v) is 11.5. The monoisotopic (exact) mass is 433 g/mol. The lowest BCUT2D eigenvalue weighted by Gasteiger charge is -2.29. The van der Waals surface area contributed by atoms with E-state index in [9.17, 15) is 9.59 Å². The molecule has 0 atom stereocenters. The van der Waals surface area contributed by atoms with E-state index < -0.39 is 0 Å². The van der Waals surface area contributed by atoms with Crippen molar-refractivity contribution in [1.29, 1.82) is 0 Å². The highest BCUT2D eigenvalue weighted by Gasteiger charge is 2.21. The Bertz CT molecular complexity index is 1070. The van der Waals surface area contributed by atoms with Gasteiger partial charge in [0.25, 0.3) is 5.91 Å². The number of aromatic nitrogens is 1. The number of carbonyl (C=O) groups is 2. The molecule has 1 amide bonds. The minimum atomic E-state index is -0.313. The van der Waals surface area contributed by atoms with Crippen LogP contribution in [0, 0.1) is 12.8 Å². The second kappa shape index (κ2) is 9.54. The van der Waals surface area contributed by atoms with E-state index in [0.29, 0.717) is 21.8 Å². The van der Waals surface area contributed by atoms with Crippen molar-refractivity contribution in [3.8, 4) is 0 Å². The van der Waals surface area contributed by atoms with E-state index in [1.807, 2.05) is 25.1 Å². The molecule has 1 N–H and O–H groups in total. The van der Waals surface area contributed by atoms with Crippen molar-refractivity contribution >= 4 is 28.2 Å². The number of hydrogen-bond acceptors (Lipinski definition) is 5. The van der Waals surface area contributed by atoms with Gasteiger partial charge < -0.3 is 0 Å². The summed E-state index contributed by atoms with van der Waals surface area (Å²) in [5.41, 5.74) is 2.26. The lowest BCUT2D eigenvalue weighted by molar-refractivity contribution is 0.0996. The Labute approximate surface area is 187 Å². The third kappa shape index (κ3) is 5.09. The van der Waals surface area contributed by atoms with Gasteiger partial charge in [0.05, 0.1) is 11.3 Å². The van der Waals surface area contributed by atoms with E-state index in [0.717, 1.165) is 31.2 Å². The fourth-order valence-corrected chi connectivity index (χ4v) is 4.84. The molecule has 1 aliphatic heterocycles. The third-order valence-electron chi connectivity index (χ3n) is 5.81. The number of carbonyl (C=O) groups excluding carboxylic acids is 2. The van der Waals surface area contributed by atoms with E-state index in [-0.39, 0.29) is 11.7 Å². The van der Waals surface area contributed by atoms with Gasteiger partial charge in [-0.3, -0.25) is 19.8 Å². The average Bonchev–Trinajstić information content (AvgIpc) is 3.13. The number of nitrogens with zero attached hydrogens (tertiary/aromatic N) is 2. The van der Waals surface area contributed by atoms with Gasteiger partial charge in [0, 0.05) is 22.5 Å². The highest BCUT2D eigenvalue weighted by atomic mass is 32.1. The number of likely N-dealkylation sites (tertiary alicyclic amines) is 1. The van der Waals surface area contributed by atoms with Crippen LogP contribution >= 0.6 is 11.3 Å². The van der Waals surface area contributed by atoms with E-state index in [1.165, 1.54) is 29.1 Å². The smallest absolute Gasteiger partial charge is 0.258 e. The summed E-state index contributed by atoms with van der Waals surface area (Å²) in [6, 6.07) is 15.9. The second-order valence-electron chi connectivity index (χ2n) is 8.18. The molecular weight excluding hydrogens is 406 g/mol. The van der Waals surface area contributed by atoms with Crippen molar-refractivity contribution < 1.29 is 9.59 Å². The zero-order valence-electron chi connectivity index (χ0n) is 17.9. The van der Waals surface area contributed by atoms with Gasteiger partial charge in [0.15, 0.2) is 10.9 Å². The molecule has 1 aliphatic rings. The van der Waals surface area contributed by atoms with Crippen molar-refractivity contribution in [2.24, 2.45) is 5.92 Å². The molecule has 2 aromatic carbocycles. The maximum Gasteiger partial charge on any atom is 0.258 e. The number of rotatable bonds is 6. The standard InChI is InChI=1S/C25H27N3O2S/c1-17-12-14-28(15-13-17)16-22-18(2)26-25(31-22)27-24(30)21-11-7-6-10-20(21)23(29)19-8-4-3-5-9-19/h3-11,17H,12-16H2,1-2H3,(H,26,27,30). The van der Waals surface area contributed by atoms with Gasteiger partial charge in [0.1, 0.15) is 0 Å². The molecule has 6 heteroatoms. The van der Waals surface area contributed by atoms with Gasteiger partial charge in [0.2, 0.25) is 0 Å². The topological polar surface area (TPSA) is 62.3 Å². The molecule has 1 saturated heterocycles. The molecule has 31 heavy (non-hydrogen) atoms. The third-order valence-corrected chi connectivity index (χ3v) is 6.87. The van der Waals surface area contributed by atoms with Gasteiger partial charge >= 0.3 is 0 Å². The maximum absolute atomic E-state index is 13.0. The number of hydrogen-bond donors (Lipinski definition) is 1. The normalized spacial score (nSPS) is 15.0. The van der Waals surface area contributed by atoms with Crippen LogP contribution in [-0.4, -0.2) is 34.7 Å². The molecular formula is C25H27N3O2S. The van der Waals surface area contributed by atoms with Gasteiger partial charge in [-0.15, -0.1) is 11.3 Å². The quantitative estimate of drug-likeness (QED) is 0.545. The van der Waals surface area contributed by atoms with Crippen LogP contribution in [-0.2, 0) is 6.54 Å². The van der Waals surface area contributed by atoms with Crippen LogP contribution in [0.4, 0.5) is 5.13 Å². The molecule has 0 saturated carbocycles. The number of piperidine rings is 1. The molecule has 3 aromatic rings. The molecule has 1 aromatic heterocycles. The highest BCUT2D eigenvalue weighted by molar-refractivity contribution is 7.15. The van der Waals surface area contributed by atoms with Gasteiger partial charge in [-0.1, -0.05) is 55.5 Å². The van der Waals surface area contributed by atoms with Crippen LogP contribution in [0.1, 0.15) is 56.6 Å². The van der Waals surface area contributed by atoms with E-state index in [1.54, 1.807) is 36.4 Å². The summed E-state index contributed by atoms with van der Waals surface area (Å²) in [7, 11) is 0. The lowest BCUT2D eigenvalue weighted by Crippen LogP contribution is -2.32. The Morgan fingerprint density at radius 1 is 1.03 bits per heavy atom. The zero-order chi connectivity index (χ0) is 21.8. The Kier molecular flexibility index (Phi) is 6.59. The summed E-state index contributed by atoms with van der Waals surface area (Å²) in [4.78, 5) is 34.1. The lowest BCUT2D eigenvalue weighted by atomic mass is 9.98. The van der Waals surface area contributed by atoms with E-state index >= 15 is 0 Å². The molecule has 0 aliphatic carbocycles. The zero-order valence-corrected chi connectivity index (χ0v) is 18.7. The van der Waals surface area contributed by atoms with Crippen molar-refractivity contribution in [2.45, 2.75) is 33.2 Å². The number of nitrogens with one attached hydrogen (secondary N) is 1. The summed E-state index contributed by atoms with van der Waals surface area (Å²) in [6.07, 6.45) is 2.46. The summed E-state index contributed by atoms with van der Waals surface area (Å²) in [6.45, 7) is 7.38. The molecule has 4 rings (SSSR count). The van der Waals surface area contributed by atoms with Crippen LogP contribution in [0.25, 0.3) is 0 Å². The number of ketones is 1. The van der Waals surface area contributed by atoms with Gasteiger partial charge in [-0.25, -0.2) is 4.98 Å². The number of amides is 1. The number of benzene rings is 2. The molecule has 0 radical (unpaired) electrons. The van der Waals surface area contributed by atoms with Gasteiger partial charge in [-0.05, 0) is 44.8 Å².